The topological polar surface area (TPSA) is 75.4 Å². The summed E-state index contributed by atoms with van der Waals surface area (Å²) in [5.41, 5.74) is 5.23. The molecule has 2 aliphatic rings. The molecule has 0 bridgehead atoms. The zero-order valence-electron chi connectivity index (χ0n) is 12.3. The Labute approximate surface area is 121 Å². The highest BCUT2D eigenvalue weighted by molar-refractivity contribution is 5.85. The number of nitrogens with two attached hydrogens (primary N) is 1. The summed E-state index contributed by atoms with van der Waals surface area (Å²) in [5.74, 6) is 0.576. The summed E-state index contributed by atoms with van der Waals surface area (Å²) in [6.07, 6.45) is 10.1. The monoisotopic (exact) mass is 281 g/mol. The molecule has 1 saturated carbocycles. The lowest BCUT2D eigenvalue weighted by atomic mass is 9.84. The van der Waals surface area contributed by atoms with Crippen LogP contribution in [0, 0.1) is 5.92 Å². The van der Waals surface area contributed by atoms with E-state index in [9.17, 15) is 9.59 Å². The van der Waals surface area contributed by atoms with Crippen LogP contribution in [-0.4, -0.2) is 42.4 Å². The van der Waals surface area contributed by atoms with Crippen molar-refractivity contribution in [2.24, 2.45) is 11.7 Å². The third-order valence-electron chi connectivity index (χ3n) is 4.65. The smallest absolute Gasteiger partial charge is 0.242 e. The molecule has 2 amide bonds. The van der Waals surface area contributed by atoms with Crippen LogP contribution in [0.5, 0.6) is 0 Å². The summed E-state index contributed by atoms with van der Waals surface area (Å²) in [4.78, 5) is 25.3. The van der Waals surface area contributed by atoms with Crippen molar-refractivity contribution in [3.05, 3.63) is 0 Å². The van der Waals surface area contributed by atoms with Gasteiger partial charge in [-0.05, 0) is 25.2 Å². The Morgan fingerprint density at radius 1 is 1.10 bits per heavy atom. The highest BCUT2D eigenvalue weighted by Gasteiger charge is 2.30. The van der Waals surface area contributed by atoms with Crippen molar-refractivity contribution in [1.82, 2.24) is 10.2 Å². The summed E-state index contributed by atoms with van der Waals surface area (Å²) >= 11 is 0. The third-order valence-corrected chi connectivity index (χ3v) is 4.65. The Balaban J connectivity index is 1.79. The van der Waals surface area contributed by atoms with E-state index in [2.05, 4.69) is 5.32 Å². The molecule has 1 unspecified atom stereocenters. The van der Waals surface area contributed by atoms with Crippen LogP contribution >= 0.6 is 0 Å². The molecule has 114 valence electrons. The van der Waals surface area contributed by atoms with Gasteiger partial charge in [0, 0.05) is 12.6 Å². The first kappa shape index (κ1) is 15.3. The average Bonchev–Trinajstić information content (AvgIpc) is 2.93. The number of hydrogen-bond acceptors (Lipinski definition) is 3. The predicted octanol–water partition coefficient (Wildman–Crippen LogP) is 1.02. The molecule has 1 aliphatic heterocycles. The molecule has 1 aliphatic carbocycles. The van der Waals surface area contributed by atoms with Crippen LogP contribution in [-0.2, 0) is 9.59 Å². The number of carbonyl (C=O) groups is 2. The van der Waals surface area contributed by atoms with Crippen molar-refractivity contribution in [3.63, 3.8) is 0 Å². The molecule has 1 saturated heterocycles. The van der Waals surface area contributed by atoms with Crippen molar-refractivity contribution in [2.45, 2.75) is 57.4 Å². The number of amides is 2. The molecule has 20 heavy (non-hydrogen) atoms. The van der Waals surface area contributed by atoms with E-state index in [1.165, 1.54) is 32.1 Å². The number of likely N-dealkylation sites (tertiary alicyclic amines) is 1. The van der Waals surface area contributed by atoms with Crippen molar-refractivity contribution < 1.29 is 9.59 Å². The van der Waals surface area contributed by atoms with Gasteiger partial charge in [-0.2, -0.15) is 0 Å². The minimum absolute atomic E-state index is 0.0464. The standard InChI is InChI=1S/C15H27N3O2/c16-10-14(19)17-11-15(20)18-8-4-7-13(18)9-12-5-2-1-3-6-12/h12-13H,1-11,16H2,(H,17,19). The van der Waals surface area contributed by atoms with Gasteiger partial charge in [0.25, 0.3) is 0 Å². The fourth-order valence-electron chi connectivity index (χ4n) is 3.56. The minimum Gasteiger partial charge on any atom is -0.346 e. The van der Waals surface area contributed by atoms with Crippen molar-refractivity contribution >= 4 is 11.8 Å². The van der Waals surface area contributed by atoms with E-state index in [-0.39, 0.29) is 24.9 Å². The molecule has 0 aromatic rings. The fraction of sp³-hybridized carbons (Fsp3) is 0.867. The van der Waals surface area contributed by atoms with Gasteiger partial charge in [0.2, 0.25) is 11.8 Å². The van der Waals surface area contributed by atoms with E-state index in [0.29, 0.717) is 6.04 Å². The van der Waals surface area contributed by atoms with E-state index in [1.807, 2.05) is 4.90 Å². The van der Waals surface area contributed by atoms with Crippen LogP contribution in [0.15, 0.2) is 0 Å². The highest BCUT2D eigenvalue weighted by Crippen LogP contribution is 2.31. The van der Waals surface area contributed by atoms with E-state index in [4.69, 9.17) is 5.73 Å². The summed E-state index contributed by atoms with van der Waals surface area (Å²) in [5, 5.41) is 2.58. The molecule has 2 rings (SSSR count). The minimum atomic E-state index is -0.263. The van der Waals surface area contributed by atoms with Crippen LogP contribution in [0.25, 0.3) is 0 Å². The number of rotatable bonds is 5. The largest absolute Gasteiger partial charge is 0.346 e. The SMILES string of the molecule is NCC(=O)NCC(=O)N1CCCC1CC1CCCCC1. The number of carbonyl (C=O) groups excluding carboxylic acids is 2. The quantitative estimate of drug-likeness (QED) is 0.790. The molecule has 2 fully saturated rings. The Kier molecular flexibility index (Phi) is 5.83. The molecule has 5 nitrogen and oxygen atoms in total. The molecular weight excluding hydrogens is 254 g/mol. The van der Waals surface area contributed by atoms with Gasteiger partial charge in [-0.1, -0.05) is 32.1 Å². The van der Waals surface area contributed by atoms with Crippen LogP contribution in [0.2, 0.25) is 0 Å². The lowest BCUT2D eigenvalue weighted by molar-refractivity contribution is -0.133. The molecular formula is C15H27N3O2. The van der Waals surface area contributed by atoms with Gasteiger partial charge in [0.05, 0.1) is 13.1 Å². The Hall–Kier alpha value is -1.10. The number of nitrogens with one attached hydrogen (secondary N) is 1. The predicted molar refractivity (Wildman–Crippen MR) is 78.0 cm³/mol. The molecule has 0 radical (unpaired) electrons. The molecule has 0 aromatic heterocycles. The summed E-state index contributed by atoms with van der Waals surface area (Å²) in [6, 6.07) is 0.389. The Morgan fingerprint density at radius 2 is 1.85 bits per heavy atom. The zero-order chi connectivity index (χ0) is 14.4. The van der Waals surface area contributed by atoms with E-state index < -0.39 is 0 Å². The number of nitrogens with zero attached hydrogens (tertiary/aromatic N) is 1. The van der Waals surface area contributed by atoms with E-state index in [0.717, 1.165) is 31.7 Å². The van der Waals surface area contributed by atoms with E-state index in [1.54, 1.807) is 0 Å². The second kappa shape index (κ2) is 7.62. The van der Waals surface area contributed by atoms with Crippen molar-refractivity contribution in [3.8, 4) is 0 Å². The fourth-order valence-corrected chi connectivity index (χ4v) is 3.56. The maximum absolute atomic E-state index is 12.2. The van der Waals surface area contributed by atoms with Crippen molar-refractivity contribution in [1.29, 1.82) is 0 Å². The van der Waals surface area contributed by atoms with Crippen molar-refractivity contribution in [2.75, 3.05) is 19.6 Å². The van der Waals surface area contributed by atoms with Gasteiger partial charge < -0.3 is 16.0 Å². The average molecular weight is 281 g/mol. The first-order valence-electron chi connectivity index (χ1n) is 7.97. The van der Waals surface area contributed by atoms with Crippen LogP contribution in [0.4, 0.5) is 0 Å². The van der Waals surface area contributed by atoms with Crippen LogP contribution < -0.4 is 11.1 Å². The molecule has 0 aromatic carbocycles. The first-order chi connectivity index (χ1) is 9.70. The number of hydrogen-bond donors (Lipinski definition) is 2. The molecule has 5 heteroatoms. The first-order valence-corrected chi connectivity index (χ1v) is 7.97. The highest BCUT2D eigenvalue weighted by atomic mass is 16.2. The van der Waals surface area contributed by atoms with E-state index >= 15 is 0 Å². The maximum atomic E-state index is 12.2. The molecule has 3 N–H and O–H groups in total. The second-order valence-corrected chi connectivity index (χ2v) is 6.10. The summed E-state index contributed by atoms with van der Waals surface area (Å²) in [6.45, 7) is 0.880. The molecule has 1 heterocycles. The maximum Gasteiger partial charge on any atom is 0.242 e. The Morgan fingerprint density at radius 3 is 2.55 bits per heavy atom. The lowest BCUT2D eigenvalue weighted by Crippen LogP contribution is -2.44. The van der Waals surface area contributed by atoms with Gasteiger partial charge >= 0.3 is 0 Å². The second-order valence-electron chi connectivity index (χ2n) is 6.10. The van der Waals surface area contributed by atoms with Gasteiger partial charge in [-0.15, -0.1) is 0 Å². The molecule has 1 atom stereocenters. The lowest BCUT2D eigenvalue weighted by Gasteiger charge is -2.30. The Bertz CT molecular complexity index is 340. The van der Waals surface area contributed by atoms with Gasteiger partial charge in [0.1, 0.15) is 0 Å². The molecule has 0 spiro atoms. The van der Waals surface area contributed by atoms with Crippen LogP contribution in [0.1, 0.15) is 51.4 Å². The van der Waals surface area contributed by atoms with Gasteiger partial charge in [-0.25, -0.2) is 0 Å². The normalized spacial score (nSPS) is 23.9. The van der Waals surface area contributed by atoms with Crippen LogP contribution in [0.3, 0.4) is 0 Å². The van der Waals surface area contributed by atoms with Gasteiger partial charge in [-0.3, -0.25) is 9.59 Å². The summed E-state index contributed by atoms with van der Waals surface area (Å²) < 4.78 is 0. The zero-order valence-corrected chi connectivity index (χ0v) is 12.3. The summed E-state index contributed by atoms with van der Waals surface area (Å²) in [7, 11) is 0. The third kappa shape index (κ3) is 4.20. The van der Waals surface area contributed by atoms with Gasteiger partial charge in [0.15, 0.2) is 0 Å².